The van der Waals surface area contributed by atoms with Crippen molar-refractivity contribution >= 4 is 58.2 Å². The standard InChI is InChI=1S/C9H10Cl4P2/c1-7-8(5-14(10)11)3-2-4-9(7)6-15(12)13/h2-4H,5-6H2,1H3. The molecule has 1 aromatic carbocycles. The third-order valence-corrected chi connectivity index (χ3v) is 4.73. The zero-order chi connectivity index (χ0) is 11.4. The first-order valence-electron chi connectivity index (χ1n) is 4.26. The lowest BCUT2D eigenvalue weighted by atomic mass is 10.1. The fraction of sp³-hybridized carbons (Fsp3) is 0.333. The molecule has 0 nitrogen and oxygen atoms in total. The summed E-state index contributed by atoms with van der Waals surface area (Å²) in [6.07, 6.45) is 1.45. The van der Waals surface area contributed by atoms with Gasteiger partial charge in [0.25, 0.3) is 0 Å². The van der Waals surface area contributed by atoms with Crippen molar-refractivity contribution in [3.63, 3.8) is 0 Å². The summed E-state index contributed by atoms with van der Waals surface area (Å²) in [5, 5.41) is 0. The van der Waals surface area contributed by atoms with Crippen molar-refractivity contribution in [1.82, 2.24) is 0 Å². The van der Waals surface area contributed by atoms with Gasteiger partial charge in [0.2, 0.25) is 0 Å². The lowest BCUT2D eigenvalue weighted by molar-refractivity contribution is 1.23. The minimum atomic E-state index is -0.942. The monoisotopic (exact) mass is 320 g/mol. The van der Waals surface area contributed by atoms with Crippen molar-refractivity contribution in [3.05, 3.63) is 34.9 Å². The molecule has 6 heteroatoms. The van der Waals surface area contributed by atoms with Gasteiger partial charge in [0.05, 0.1) is 13.3 Å². The maximum Gasteiger partial charge on any atom is 0.0899 e. The van der Waals surface area contributed by atoms with Crippen LogP contribution in [0.4, 0.5) is 0 Å². The van der Waals surface area contributed by atoms with E-state index in [1.165, 1.54) is 16.7 Å². The van der Waals surface area contributed by atoms with Gasteiger partial charge in [-0.15, -0.1) is 0 Å². The molecule has 0 heterocycles. The quantitative estimate of drug-likeness (QED) is 0.550. The number of benzene rings is 1. The zero-order valence-corrected chi connectivity index (χ0v) is 12.9. The summed E-state index contributed by atoms with van der Waals surface area (Å²) in [5.41, 5.74) is 3.59. The molecule has 0 aliphatic carbocycles. The van der Waals surface area contributed by atoms with Crippen LogP contribution < -0.4 is 0 Å². The Labute approximate surface area is 112 Å². The fourth-order valence-electron chi connectivity index (χ4n) is 1.34. The molecule has 0 radical (unpaired) electrons. The second-order valence-electron chi connectivity index (χ2n) is 3.12. The zero-order valence-electron chi connectivity index (χ0n) is 8.05. The molecule has 15 heavy (non-hydrogen) atoms. The summed E-state index contributed by atoms with van der Waals surface area (Å²) in [5.74, 6) is 0. The largest absolute Gasteiger partial charge is 0.0899 e. The Morgan fingerprint density at radius 2 is 1.33 bits per heavy atom. The number of hydrogen-bond donors (Lipinski definition) is 0. The average Bonchev–Trinajstić information content (AvgIpc) is 2.10. The van der Waals surface area contributed by atoms with Crippen LogP contribution >= 0.6 is 58.2 Å². The Hall–Kier alpha value is 1.24. The van der Waals surface area contributed by atoms with Crippen molar-refractivity contribution in [2.45, 2.75) is 19.2 Å². The van der Waals surface area contributed by atoms with Crippen LogP contribution in [0.15, 0.2) is 18.2 Å². The van der Waals surface area contributed by atoms with Crippen LogP contribution in [0.1, 0.15) is 16.7 Å². The van der Waals surface area contributed by atoms with Gasteiger partial charge in [-0.2, -0.15) is 0 Å². The van der Waals surface area contributed by atoms with Gasteiger partial charge in [-0.25, -0.2) is 0 Å². The topological polar surface area (TPSA) is 0 Å². The molecule has 0 unspecified atom stereocenters. The van der Waals surface area contributed by atoms with Crippen LogP contribution in [0.5, 0.6) is 0 Å². The van der Waals surface area contributed by atoms with Crippen molar-refractivity contribution < 1.29 is 0 Å². The molecule has 0 saturated carbocycles. The summed E-state index contributed by atoms with van der Waals surface area (Å²) in [6.45, 7) is 0.176. The van der Waals surface area contributed by atoms with Crippen molar-refractivity contribution in [2.75, 3.05) is 0 Å². The van der Waals surface area contributed by atoms with E-state index >= 15 is 0 Å². The van der Waals surface area contributed by atoms with Crippen LogP contribution in [-0.2, 0) is 12.3 Å². The smallest absolute Gasteiger partial charge is 0.0777 e. The molecule has 0 aromatic heterocycles. The first-order valence-corrected chi connectivity index (χ1v) is 10.9. The summed E-state index contributed by atoms with van der Waals surface area (Å²) in [7, 11) is 0. The minimum Gasteiger partial charge on any atom is -0.0777 e. The molecule has 0 spiro atoms. The third-order valence-electron chi connectivity index (χ3n) is 2.14. The van der Waals surface area contributed by atoms with E-state index in [4.69, 9.17) is 45.0 Å². The maximum atomic E-state index is 5.82. The van der Waals surface area contributed by atoms with Crippen LogP contribution in [-0.4, -0.2) is 0 Å². The molecule has 1 rings (SSSR count). The summed E-state index contributed by atoms with van der Waals surface area (Å²) >= 11 is 23.3. The van der Waals surface area contributed by atoms with Gasteiger partial charge in [0, 0.05) is 12.3 Å². The van der Waals surface area contributed by atoms with E-state index < -0.39 is 13.3 Å². The second kappa shape index (κ2) is 6.85. The Bertz CT molecular complexity index is 300. The summed E-state index contributed by atoms with van der Waals surface area (Å²) in [4.78, 5) is 0. The Balaban J connectivity index is 2.90. The Morgan fingerprint density at radius 1 is 0.933 bits per heavy atom. The van der Waals surface area contributed by atoms with E-state index in [9.17, 15) is 0 Å². The normalized spacial score (nSPS) is 11.4. The SMILES string of the molecule is Cc1c(CP(Cl)Cl)cccc1CP(Cl)Cl. The van der Waals surface area contributed by atoms with Crippen LogP contribution in [0, 0.1) is 6.92 Å². The first-order chi connectivity index (χ1) is 7.00. The molecule has 0 bridgehead atoms. The van der Waals surface area contributed by atoms with Gasteiger partial charge >= 0.3 is 0 Å². The molecule has 0 aliphatic rings. The van der Waals surface area contributed by atoms with E-state index in [1.807, 2.05) is 18.2 Å². The highest BCUT2D eigenvalue weighted by Crippen LogP contribution is 2.52. The highest BCUT2D eigenvalue weighted by Gasteiger charge is 2.10. The van der Waals surface area contributed by atoms with Crippen molar-refractivity contribution in [3.8, 4) is 0 Å². The van der Waals surface area contributed by atoms with Gasteiger partial charge in [-0.05, 0) is 23.6 Å². The van der Waals surface area contributed by atoms with E-state index in [-0.39, 0.29) is 0 Å². The lowest BCUT2D eigenvalue weighted by Gasteiger charge is -2.11. The van der Waals surface area contributed by atoms with Gasteiger partial charge in [0.15, 0.2) is 0 Å². The first kappa shape index (κ1) is 14.3. The minimum absolute atomic E-state index is 0.723. The number of halogens is 4. The highest BCUT2D eigenvalue weighted by atomic mass is 35.9. The van der Waals surface area contributed by atoms with Gasteiger partial charge in [-0.3, -0.25) is 0 Å². The maximum absolute atomic E-state index is 5.82. The van der Waals surface area contributed by atoms with E-state index in [0.717, 1.165) is 12.3 Å². The predicted octanol–water partition coefficient (Wildman–Crippen LogP) is 6.57. The van der Waals surface area contributed by atoms with Gasteiger partial charge in [0.1, 0.15) is 0 Å². The summed E-state index contributed by atoms with van der Waals surface area (Å²) < 4.78 is 0. The molecule has 84 valence electrons. The van der Waals surface area contributed by atoms with Crippen molar-refractivity contribution in [1.29, 1.82) is 0 Å². The number of rotatable bonds is 4. The van der Waals surface area contributed by atoms with E-state index in [0.29, 0.717) is 0 Å². The fourth-order valence-corrected chi connectivity index (χ4v) is 4.08. The van der Waals surface area contributed by atoms with Crippen LogP contribution in [0.25, 0.3) is 0 Å². The lowest BCUT2D eigenvalue weighted by Crippen LogP contribution is -1.92. The van der Waals surface area contributed by atoms with Crippen LogP contribution in [0.2, 0.25) is 0 Å². The third kappa shape index (κ3) is 4.95. The molecule has 0 amide bonds. The molecular weight excluding hydrogens is 312 g/mol. The Kier molecular flexibility index (Phi) is 6.53. The van der Waals surface area contributed by atoms with E-state index in [2.05, 4.69) is 6.92 Å². The van der Waals surface area contributed by atoms with E-state index in [1.54, 1.807) is 0 Å². The molecule has 0 fully saturated rings. The molecule has 0 atom stereocenters. The average molecular weight is 322 g/mol. The van der Waals surface area contributed by atoms with Gasteiger partial charge < -0.3 is 0 Å². The predicted molar refractivity (Wildman–Crippen MR) is 75.8 cm³/mol. The molecule has 0 saturated heterocycles. The Morgan fingerprint density at radius 3 is 1.67 bits per heavy atom. The molecule has 1 aromatic rings. The van der Waals surface area contributed by atoms with Gasteiger partial charge in [-0.1, -0.05) is 63.2 Å². The highest BCUT2D eigenvalue weighted by molar-refractivity contribution is 8.03. The molecule has 0 N–H and O–H groups in total. The summed E-state index contributed by atoms with van der Waals surface area (Å²) in [6, 6.07) is 6.09. The molecular formula is C9H10Cl4P2. The van der Waals surface area contributed by atoms with Crippen molar-refractivity contribution in [2.24, 2.45) is 0 Å². The molecule has 0 aliphatic heterocycles. The van der Waals surface area contributed by atoms with Crippen LogP contribution in [0.3, 0.4) is 0 Å². The second-order valence-corrected chi connectivity index (χ2v) is 10.9. The number of hydrogen-bond acceptors (Lipinski definition) is 0.